The number of alkyl halides is 1. The molecule has 0 saturated carbocycles. The summed E-state index contributed by atoms with van der Waals surface area (Å²) >= 11 is 5.80. The number of hydrogen-bond donors (Lipinski definition) is 0. The van der Waals surface area contributed by atoms with Crippen LogP contribution in [0, 0.1) is 11.3 Å². The summed E-state index contributed by atoms with van der Waals surface area (Å²) in [7, 11) is 0. The minimum Gasteiger partial charge on any atom is -0.456 e. The highest BCUT2D eigenvalue weighted by atomic mass is 35.5. The van der Waals surface area contributed by atoms with Gasteiger partial charge in [0.15, 0.2) is 0 Å². The first-order valence-electron chi connectivity index (χ1n) is 7.05. The Balaban J connectivity index is 2.37. The first kappa shape index (κ1) is 15.4. The van der Waals surface area contributed by atoms with E-state index in [1.165, 1.54) is 0 Å². The van der Waals surface area contributed by atoms with Gasteiger partial charge in [-0.1, -0.05) is 38.1 Å². The number of ether oxygens (including phenoxy) is 1. The van der Waals surface area contributed by atoms with Crippen LogP contribution in [0.15, 0.2) is 42.5 Å². The Morgan fingerprint density at radius 3 is 2.62 bits per heavy atom. The molecule has 3 heteroatoms. The van der Waals surface area contributed by atoms with Gasteiger partial charge in [-0.25, -0.2) is 0 Å². The molecule has 0 saturated heterocycles. The molecule has 1 unspecified atom stereocenters. The molecule has 108 valence electrons. The molecule has 2 rings (SSSR count). The highest BCUT2D eigenvalue weighted by molar-refractivity contribution is 6.17. The topological polar surface area (TPSA) is 33.0 Å². The van der Waals surface area contributed by atoms with Gasteiger partial charge in [-0.2, -0.15) is 5.26 Å². The standard InChI is InChI=1S/C18H18ClNO/c1-3-13(2)16-6-4-5-7-18(16)21-17-9-8-14(11-19)10-15(17)12-20/h4-10,13H,3,11H2,1-2H3. The Morgan fingerprint density at radius 2 is 1.95 bits per heavy atom. The molecule has 0 aliphatic heterocycles. The summed E-state index contributed by atoms with van der Waals surface area (Å²) in [6.07, 6.45) is 1.04. The molecule has 2 aromatic rings. The predicted molar refractivity (Wildman–Crippen MR) is 85.9 cm³/mol. The van der Waals surface area contributed by atoms with Crippen LogP contribution in [0.3, 0.4) is 0 Å². The molecule has 0 heterocycles. The zero-order valence-electron chi connectivity index (χ0n) is 12.3. The second-order valence-corrected chi connectivity index (χ2v) is 5.29. The fraction of sp³-hybridized carbons (Fsp3) is 0.278. The Hall–Kier alpha value is -1.98. The van der Waals surface area contributed by atoms with Crippen LogP contribution >= 0.6 is 11.6 Å². The van der Waals surface area contributed by atoms with Crippen molar-refractivity contribution in [1.29, 1.82) is 5.26 Å². The van der Waals surface area contributed by atoms with Gasteiger partial charge in [0.1, 0.15) is 17.6 Å². The first-order valence-corrected chi connectivity index (χ1v) is 7.58. The summed E-state index contributed by atoms with van der Waals surface area (Å²) < 4.78 is 5.99. The zero-order chi connectivity index (χ0) is 15.2. The highest BCUT2D eigenvalue weighted by Gasteiger charge is 2.12. The molecule has 1 atom stereocenters. The van der Waals surface area contributed by atoms with Crippen molar-refractivity contribution in [3.8, 4) is 17.6 Å². The second-order valence-electron chi connectivity index (χ2n) is 5.03. The van der Waals surface area contributed by atoms with E-state index in [9.17, 15) is 5.26 Å². The van der Waals surface area contributed by atoms with Gasteiger partial charge >= 0.3 is 0 Å². The maximum absolute atomic E-state index is 9.27. The quantitative estimate of drug-likeness (QED) is 0.673. The van der Waals surface area contributed by atoms with Crippen LogP contribution in [0.1, 0.15) is 42.9 Å². The van der Waals surface area contributed by atoms with Gasteiger partial charge in [0.2, 0.25) is 0 Å². The fourth-order valence-electron chi connectivity index (χ4n) is 2.16. The van der Waals surface area contributed by atoms with Crippen molar-refractivity contribution >= 4 is 11.6 Å². The smallest absolute Gasteiger partial charge is 0.145 e. The van der Waals surface area contributed by atoms with E-state index in [2.05, 4.69) is 26.0 Å². The number of nitriles is 1. The number of hydrogen-bond acceptors (Lipinski definition) is 2. The molecule has 0 N–H and O–H groups in total. The zero-order valence-corrected chi connectivity index (χ0v) is 13.0. The maximum Gasteiger partial charge on any atom is 0.145 e. The van der Waals surface area contributed by atoms with Crippen LogP contribution in [0.4, 0.5) is 0 Å². The van der Waals surface area contributed by atoms with E-state index in [-0.39, 0.29) is 0 Å². The molecular weight excluding hydrogens is 282 g/mol. The average molecular weight is 300 g/mol. The Bertz CT molecular complexity index is 661. The van der Waals surface area contributed by atoms with Crippen molar-refractivity contribution in [2.24, 2.45) is 0 Å². The molecule has 0 aliphatic rings. The van der Waals surface area contributed by atoms with Crippen molar-refractivity contribution in [3.05, 3.63) is 59.2 Å². The molecule has 0 bridgehead atoms. The summed E-state index contributed by atoms with van der Waals surface area (Å²) in [5, 5.41) is 9.27. The van der Waals surface area contributed by atoms with Crippen LogP contribution in [0.25, 0.3) is 0 Å². The molecule has 2 nitrogen and oxygen atoms in total. The van der Waals surface area contributed by atoms with E-state index in [1.54, 1.807) is 6.07 Å². The van der Waals surface area contributed by atoms with Crippen LogP contribution in [-0.4, -0.2) is 0 Å². The van der Waals surface area contributed by atoms with Crippen LogP contribution in [0.2, 0.25) is 0 Å². The highest BCUT2D eigenvalue weighted by Crippen LogP contribution is 2.33. The molecule has 0 aromatic heterocycles. The largest absolute Gasteiger partial charge is 0.456 e. The number of benzene rings is 2. The number of halogens is 1. The van der Waals surface area contributed by atoms with Gasteiger partial charge in [0, 0.05) is 5.88 Å². The normalized spacial score (nSPS) is 11.7. The minimum absolute atomic E-state index is 0.387. The lowest BCUT2D eigenvalue weighted by atomic mass is 9.98. The Morgan fingerprint density at radius 1 is 1.19 bits per heavy atom. The van der Waals surface area contributed by atoms with Gasteiger partial charge in [-0.3, -0.25) is 0 Å². The predicted octanol–water partition coefficient (Wildman–Crippen LogP) is 5.60. The number of para-hydroxylation sites is 1. The van der Waals surface area contributed by atoms with Crippen molar-refractivity contribution in [1.82, 2.24) is 0 Å². The summed E-state index contributed by atoms with van der Waals surface area (Å²) in [6, 6.07) is 15.6. The summed E-state index contributed by atoms with van der Waals surface area (Å²) in [5.74, 6) is 2.18. The van der Waals surface area contributed by atoms with Crippen molar-refractivity contribution < 1.29 is 4.74 Å². The van der Waals surface area contributed by atoms with Crippen LogP contribution < -0.4 is 4.74 Å². The monoisotopic (exact) mass is 299 g/mol. The third-order valence-corrected chi connectivity index (χ3v) is 3.91. The molecule has 2 aromatic carbocycles. The minimum atomic E-state index is 0.387. The molecule has 0 radical (unpaired) electrons. The maximum atomic E-state index is 9.27. The summed E-state index contributed by atoms with van der Waals surface area (Å²) in [4.78, 5) is 0. The molecule has 0 fully saturated rings. The molecule has 0 aliphatic carbocycles. The molecule has 0 amide bonds. The number of nitrogens with zero attached hydrogens (tertiary/aromatic N) is 1. The van der Waals surface area contributed by atoms with Crippen LogP contribution in [0.5, 0.6) is 11.5 Å². The van der Waals surface area contributed by atoms with Gasteiger partial charge in [0.05, 0.1) is 5.56 Å². The van der Waals surface area contributed by atoms with Crippen LogP contribution in [-0.2, 0) is 5.88 Å². The van der Waals surface area contributed by atoms with Gasteiger partial charge in [-0.15, -0.1) is 11.6 Å². The van der Waals surface area contributed by atoms with Crippen molar-refractivity contribution in [3.63, 3.8) is 0 Å². The lowest BCUT2D eigenvalue weighted by molar-refractivity contribution is 0.468. The molecule has 21 heavy (non-hydrogen) atoms. The fourth-order valence-corrected chi connectivity index (χ4v) is 2.32. The van der Waals surface area contributed by atoms with E-state index in [0.717, 1.165) is 23.3 Å². The van der Waals surface area contributed by atoms with Gasteiger partial charge < -0.3 is 4.74 Å². The van der Waals surface area contributed by atoms with E-state index >= 15 is 0 Å². The molecule has 0 spiro atoms. The third-order valence-electron chi connectivity index (χ3n) is 3.60. The summed E-state index contributed by atoms with van der Waals surface area (Å²) in [5.41, 5.74) is 2.58. The van der Waals surface area contributed by atoms with Crippen molar-refractivity contribution in [2.75, 3.05) is 0 Å². The van der Waals surface area contributed by atoms with E-state index < -0.39 is 0 Å². The SMILES string of the molecule is CCC(C)c1ccccc1Oc1ccc(CCl)cc1C#N. The van der Waals surface area contributed by atoms with E-state index in [4.69, 9.17) is 16.3 Å². The van der Waals surface area contributed by atoms with Crippen molar-refractivity contribution in [2.45, 2.75) is 32.1 Å². The Kier molecular flexibility index (Phi) is 5.25. The average Bonchev–Trinajstić information content (AvgIpc) is 2.55. The van der Waals surface area contributed by atoms with Gasteiger partial charge in [0.25, 0.3) is 0 Å². The molecular formula is C18H18ClNO. The lowest BCUT2D eigenvalue weighted by Gasteiger charge is -2.16. The van der Waals surface area contributed by atoms with E-state index in [1.807, 2.05) is 30.3 Å². The third kappa shape index (κ3) is 3.56. The first-order chi connectivity index (χ1) is 10.2. The second kappa shape index (κ2) is 7.15. The van der Waals surface area contributed by atoms with E-state index in [0.29, 0.717) is 23.1 Å². The number of rotatable bonds is 5. The summed E-state index contributed by atoms with van der Waals surface area (Å²) in [6.45, 7) is 4.32. The van der Waals surface area contributed by atoms with Gasteiger partial charge in [-0.05, 0) is 41.7 Å². The Labute approximate surface area is 130 Å². The lowest BCUT2D eigenvalue weighted by Crippen LogP contribution is -1.97.